The zero-order valence-electron chi connectivity index (χ0n) is 13.7. The molecule has 2 fully saturated rings. The third-order valence-electron chi connectivity index (χ3n) is 4.79. The predicted octanol–water partition coefficient (Wildman–Crippen LogP) is 2.14. The summed E-state index contributed by atoms with van der Waals surface area (Å²) in [5.74, 6) is -1.24. The quantitative estimate of drug-likeness (QED) is 0.774. The van der Waals surface area contributed by atoms with Crippen LogP contribution in [0.1, 0.15) is 24.8 Å². The van der Waals surface area contributed by atoms with E-state index in [2.05, 4.69) is 0 Å². The van der Waals surface area contributed by atoms with E-state index in [1.165, 1.54) is 19.2 Å². The molecule has 0 N–H and O–H groups in total. The van der Waals surface area contributed by atoms with Gasteiger partial charge in [0, 0.05) is 25.8 Å². The summed E-state index contributed by atoms with van der Waals surface area (Å²) in [6, 6.07) is 6.28. The van der Waals surface area contributed by atoms with E-state index in [0.717, 1.165) is 18.4 Å². The Morgan fingerprint density at radius 2 is 1.88 bits per heavy atom. The molecule has 5 nitrogen and oxygen atoms in total. The van der Waals surface area contributed by atoms with Crippen LogP contribution in [0.15, 0.2) is 24.3 Å². The zero-order chi connectivity index (χ0) is 17.1. The predicted molar refractivity (Wildman–Crippen MR) is 84.4 cm³/mol. The van der Waals surface area contributed by atoms with Crippen molar-refractivity contribution < 1.29 is 23.5 Å². The minimum absolute atomic E-state index is 0.0124. The van der Waals surface area contributed by atoms with E-state index in [1.54, 1.807) is 12.1 Å². The van der Waals surface area contributed by atoms with Crippen molar-refractivity contribution in [2.75, 3.05) is 20.3 Å². The summed E-state index contributed by atoms with van der Waals surface area (Å²) >= 11 is 0. The number of amides is 1. The van der Waals surface area contributed by atoms with Gasteiger partial charge in [-0.25, -0.2) is 4.39 Å². The zero-order valence-corrected chi connectivity index (χ0v) is 13.7. The van der Waals surface area contributed by atoms with E-state index >= 15 is 0 Å². The lowest BCUT2D eigenvalue weighted by molar-refractivity contribution is -0.146. The van der Waals surface area contributed by atoms with Crippen LogP contribution in [0.4, 0.5) is 4.39 Å². The second kappa shape index (κ2) is 7.30. The topological polar surface area (TPSA) is 55.8 Å². The second-order valence-corrected chi connectivity index (χ2v) is 6.41. The lowest BCUT2D eigenvalue weighted by Gasteiger charge is -2.34. The second-order valence-electron chi connectivity index (χ2n) is 6.41. The van der Waals surface area contributed by atoms with Crippen molar-refractivity contribution >= 4 is 11.9 Å². The average molecular weight is 335 g/mol. The number of ether oxygens (including phenoxy) is 2. The van der Waals surface area contributed by atoms with Gasteiger partial charge in [0.1, 0.15) is 5.82 Å². The van der Waals surface area contributed by atoms with Gasteiger partial charge in [0.2, 0.25) is 5.91 Å². The van der Waals surface area contributed by atoms with E-state index in [1.807, 2.05) is 4.90 Å². The van der Waals surface area contributed by atoms with Gasteiger partial charge < -0.3 is 14.4 Å². The Labute approximate surface area is 140 Å². The Bertz CT molecular complexity index is 598. The van der Waals surface area contributed by atoms with Crippen molar-refractivity contribution in [3.63, 3.8) is 0 Å². The maximum Gasteiger partial charge on any atom is 0.309 e. The van der Waals surface area contributed by atoms with Gasteiger partial charge in [-0.3, -0.25) is 9.59 Å². The van der Waals surface area contributed by atoms with Gasteiger partial charge in [0.25, 0.3) is 0 Å². The average Bonchev–Trinajstić information content (AvgIpc) is 3.41. The van der Waals surface area contributed by atoms with Crippen LogP contribution in [0.25, 0.3) is 0 Å². The SMILES string of the molecule is COC(=O)[C@H]1C[C@@H]1C(=O)N(Cc1ccc(F)cc1)C1CCOCC1. The molecule has 1 amide bonds. The fraction of sp³-hybridized carbons (Fsp3) is 0.556. The minimum atomic E-state index is -0.321. The number of carbonyl (C=O) groups is 2. The lowest BCUT2D eigenvalue weighted by atomic mass is 10.0. The van der Waals surface area contributed by atoms with Crippen LogP contribution in [0.3, 0.4) is 0 Å². The number of benzene rings is 1. The number of nitrogens with zero attached hydrogens (tertiary/aromatic N) is 1. The smallest absolute Gasteiger partial charge is 0.309 e. The lowest BCUT2D eigenvalue weighted by Crippen LogP contribution is -2.44. The molecule has 1 aliphatic heterocycles. The summed E-state index contributed by atoms with van der Waals surface area (Å²) in [5, 5.41) is 0. The Hall–Kier alpha value is -1.95. The molecule has 0 bridgehead atoms. The van der Waals surface area contributed by atoms with Crippen LogP contribution in [0.2, 0.25) is 0 Å². The molecule has 1 saturated carbocycles. The highest BCUT2D eigenvalue weighted by Gasteiger charge is 2.51. The Morgan fingerprint density at radius 1 is 1.21 bits per heavy atom. The summed E-state index contributed by atoms with van der Waals surface area (Å²) in [5.41, 5.74) is 0.881. The van der Waals surface area contributed by atoms with Gasteiger partial charge >= 0.3 is 5.97 Å². The molecule has 130 valence electrons. The first-order chi connectivity index (χ1) is 11.6. The standard InChI is InChI=1S/C18H22FNO4/c1-23-18(22)16-10-15(16)17(21)20(14-6-8-24-9-7-14)11-12-2-4-13(19)5-3-12/h2-5,14-16H,6-11H2,1H3/t15-,16-/m0/s1. The normalized spacial score (nSPS) is 23.6. The fourth-order valence-electron chi connectivity index (χ4n) is 3.26. The number of esters is 1. The summed E-state index contributed by atoms with van der Waals surface area (Å²) in [6.45, 7) is 1.68. The summed E-state index contributed by atoms with van der Waals surface area (Å²) in [4.78, 5) is 26.4. The van der Waals surface area contributed by atoms with Crippen LogP contribution >= 0.6 is 0 Å². The van der Waals surface area contributed by atoms with Crippen LogP contribution in [0.5, 0.6) is 0 Å². The molecule has 1 aromatic carbocycles. The molecule has 0 aromatic heterocycles. The monoisotopic (exact) mass is 335 g/mol. The number of halogens is 1. The van der Waals surface area contributed by atoms with Crippen molar-refractivity contribution in [3.8, 4) is 0 Å². The molecule has 1 saturated heterocycles. The summed E-state index contributed by atoms with van der Waals surface area (Å²) in [7, 11) is 1.34. The molecule has 1 heterocycles. The molecule has 1 aromatic rings. The van der Waals surface area contributed by atoms with Crippen molar-refractivity contribution in [2.45, 2.75) is 31.8 Å². The molecule has 2 atom stereocenters. The maximum absolute atomic E-state index is 13.1. The number of methoxy groups -OCH3 is 1. The Morgan fingerprint density at radius 3 is 2.50 bits per heavy atom. The van der Waals surface area contributed by atoms with Crippen LogP contribution in [-0.4, -0.2) is 43.1 Å². The third kappa shape index (κ3) is 3.75. The molecular weight excluding hydrogens is 313 g/mol. The van der Waals surface area contributed by atoms with Crippen molar-refractivity contribution in [1.29, 1.82) is 0 Å². The molecule has 0 radical (unpaired) electrons. The van der Waals surface area contributed by atoms with Crippen LogP contribution in [0, 0.1) is 17.7 Å². The van der Waals surface area contributed by atoms with Gasteiger partial charge in [-0.05, 0) is 37.0 Å². The van der Waals surface area contributed by atoms with E-state index in [4.69, 9.17) is 9.47 Å². The number of hydrogen-bond acceptors (Lipinski definition) is 4. The van der Waals surface area contributed by atoms with E-state index in [9.17, 15) is 14.0 Å². The first-order valence-electron chi connectivity index (χ1n) is 8.30. The van der Waals surface area contributed by atoms with Crippen molar-refractivity contribution in [2.24, 2.45) is 11.8 Å². The summed E-state index contributed by atoms with van der Waals surface area (Å²) in [6.07, 6.45) is 2.11. The van der Waals surface area contributed by atoms with Gasteiger partial charge in [-0.15, -0.1) is 0 Å². The Kier molecular flexibility index (Phi) is 5.14. The molecule has 1 aliphatic carbocycles. The van der Waals surface area contributed by atoms with Crippen molar-refractivity contribution in [3.05, 3.63) is 35.6 Å². The summed E-state index contributed by atoms with van der Waals surface area (Å²) < 4.78 is 23.2. The molecule has 0 unspecified atom stereocenters. The fourth-order valence-corrected chi connectivity index (χ4v) is 3.26. The van der Waals surface area contributed by atoms with Crippen LogP contribution < -0.4 is 0 Å². The highest BCUT2D eigenvalue weighted by molar-refractivity contribution is 5.90. The van der Waals surface area contributed by atoms with Gasteiger partial charge in [-0.2, -0.15) is 0 Å². The molecule has 3 rings (SSSR count). The highest BCUT2D eigenvalue weighted by Crippen LogP contribution is 2.42. The van der Waals surface area contributed by atoms with Crippen molar-refractivity contribution in [1.82, 2.24) is 4.90 Å². The van der Waals surface area contributed by atoms with Gasteiger partial charge in [0.15, 0.2) is 0 Å². The molecule has 24 heavy (non-hydrogen) atoms. The largest absolute Gasteiger partial charge is 0.469 e. The molecular formula is C18H22FNO4. The molecule has 2 aliphatic rings. The van der Waals surface area contributed by atoms with Gasteiger partial charge in [0.05, 0.1) is 18.9 Å². The van der Waals surface area contributed by atoms with Gasteiger partial charge in [-0.1, -0.05) is 12.1 Å². The van der Waals surface area contributed by atoms with E-state index < -0.39 is 0 Å². The third-order valence-corrected chi connectivity index (χ3v) is 4.79. The number of hydrogen-bond donors (Lipinski definition) is 0. The highest BCUT2D eigenvalue weighted by atomic mass is 19.1. The minimum Gasteiger partial charge on any atom is -0.469 e. The van der Waals surface area contributed by atoms with E-state index in [-0.39, 0.29) is 35.6 Å². The molecule has 0 spiro atoms. The van der Waals surface area contributed by atoms with Crippen LogP contribution in [-0.2, 0) is 25.6 Å². The first kappa shape index (κ1) is 16.9. The molecule has 6 heteroatoms. The maximum atomic E-state index is 13.1. The number of rotatable bonds is 5. The van der Waals surface area contributed by atoms with E-state index in [0.29, 0.717) is 26.2 Å². The Balaban J connectivity index is 1.73. The first-order valence-corrected chi connectivity index (χ1v) is 8.30. The number of carbonyl (C=O) groups excluding carboxylic acids is 2.